The molecule has 1 aromatic heterocycles. The second kappa shape index (κ2) is 6.71. The van der Waals surface area contributed by atoms with Crippen LogP contribution in [-0.2, 0) is 9.31 Å². The van der Waals surface area contributed by atoms with E-state index in [0.717, 1.165) is 27.4 Å². The van der Waals surface area contributed by atoms with Crippen LogP contribution < -0.4 is 5.46 Å². The third kappa shape index (κ3) is 2.83. The second-order valence-electron chi connectivity index (χ2n) is 9.66. The van der Waals surface area contributed by atoms with E-state index in [4.69, 9.17) is 13.7 Å². The molecule has 3 nitrogen and oxygen atoms in total. The topological polar surface area (TPSA) is 31.6 Å². The molecule has 0 atom stereocenters. The van der Waals surface area contributed by atoms with Crippen LogP contribution >= 0.6 is 0 Å². The summed E-state index contributed by atoms with van der Waals surface area (Å²) < 4.78 is 18.9. The molecule has 158 valence electrons. The summed E-state index contributed by atoms with van der Waals surface area (Å²) in [6.45, 7) is 8.30. The predicted molar refractivity (Wildman–Crippen MR) is 132 cm³/mol. The molecule has 0 N–H and O–H groups in total. The minimum Gasteiger partial charge on any atom is -0.456 e. The molecule has 5 aromatic rings. The minimum atomic E-state index is -0.412. The Hall–Kier alpha value is -3.08. The van der Waals surface area contributed by atoms with Gasteiger partial charge in [0.15, 0.2) is 0 Å². The van der Waals surface area contributed by atoms with Crippen molar-refractivity contribution in [2.45, 2.75) is 38.9 Å². The van der Waals surface area contributed by atoms with Crippen molar-refractivity contribution in [2.24, 2.45) is 0 Å². The first-order chi connectivity index (χ1) is 15.3. The van der Waals surface area contributed by atoms with Crippen LogP contribution in [0, 0.1) is 0 Å². The fourth-order valence-corrected chi connectivity index (χ4v) is 4.65. The molecule has 4 heteroatoms. The Labute approximate surface area is 188 Å². The van der Waals surface area contributed by atoms with Gasteiger partial charge in [-0.15, -0.1) is 0 Å². The first kappa shape index (κ1) is 19.6. The van der Waals surface area contributed by atoms with Crippen LogP contribution in [0.4, 0.5) is 0 Å². The molecule has 0 amide bonds. The highest BCUT2D eigenvalue weighted by atomic mass is 16.7. The highest BCUT2D eigenvalue weighted by molar-refractivity contribution is 6.62. The first-order valence-electron chi connectivity index (χ1n) is 11.1. The van der Waals surface area contributed by atoms with Crippen LogP contribution in [0.3, 0.4) is 0 Å². The Morgan fingerprint density at radius 3 is 2.09 bits per heavy atom. The highest BCUT2D eigenvalue weighted by Crippen LogP contribution is 2.42. The van der Waals surface area contributed by atoms with E-state index in [-0.39, 0.29) is 11.2 Å². The fourth-order valence-electron chi connectivity index (χ4n) is 4.65. The van der Waals surface area contributed by atoms with E-state index in [1.54, 1.807) is 0 Å². The SMILES string of the molecule is CC1(C)OB(c2ccc3c(c2)oc2cc4ccccc4c(-c4ccccc4)c23)OC1(C)C. The molecular formula is C28H25BO3. The van der Waals surface area contributed by atoms with Crippen molar-refractivity contribution >= 4 is 45.3 Å². The number of hydrogen-bond donors (Lipinski definition) is 0. The summed E-state index contributed by atoms with van der Waals surface area (Å²) >= 11 is 0. The van der Waals surface area contributed by atoms with Gasteiger partial charge in [-0.1, -0.05) is 66.7 Å². The van der Waals surface area contributed by atoms with E-state index in [0.29, 0.717) is 0 Å². The quantitative estimate of drug-likeness (QED) is 0.298. The lowest BCUT2D eigenvalue weighted by Crippen LogP contribution is -2.41. The van der Waals surface area contributed by atoms with Gasteiger partial charge in [0.05, 0.1) is 11.2 Å². The van der Waals surface area contributed by atoms with Crippen LogP contribution in [-0.4, -0.2) is 18.3 Å². The summed E-state index contributed by atoms with van der Waals surface area (Å²) in [4.78, 5) is 0. The van der Waals surface area contributed by atoms with E-state index < -0.39 is 7.12 Å². The second-order valence-corrected chi connectivity index (χ2v) is 9.66. The molecule has 4 aromatic carbocycles. The fraction of sp³-hybridized carbons (Fsp3) is 0.214. The summed E-state index contributed by atoms with van der Waals surface area (Å²) in [6, 6.07) is 27.5. The molecule has 1 aliphatic heterocycles. The van der Waals surface area contributed by atoms with Gasteiger partial charge in [-0.2, -0.15) is 0 Å². The van der Waals surface area contributed by atoms with Gasteiger partial charge in [-0.25, -0.2) is 0 Å². The Bertz CT molecular complexity index is 1460. The van der Waals surface area contributed by atoms with E-state index >= 15 is 0 Å². The van der Waals surface area contributed by atoms with Crippen molar-refractivity contribution in [2.75, 3.05) is 0 Å². The van der Waals surface area contributed by atoms with Crippen molar-refractivity contribution in [3.63, 3.8) is 0 Å². The smallest absolute Gasteiger partial charge is 0.456 e. The normalized spacial score (nSPS) is 17.6. The van der Waals surface area contributed by atoms with Crippen LogP contribution in [0.5, 0.6) is 0 Å². The third-order valence-corrected chi connectivity index (χ3v) is 7.10. The van der Waals surface area contributed by atoms with Crippen molar-refractivity contribution in [1.29, 1.82) is 0 Å². The summed E-state index contributed by atoms with van der Waals surface area (Å²) in [5.41, 5.74) is 4.36. The molecule has 2 heterocycles. The van der Waals surface area contributed by atoms with Gasteiger partial charge in [0.25, 0.3) is 0 Å². The van der Waals surface area contributed by atoms with Crippen LogP contribution in [0.15, 0.2) is 83.3 Å². The zero-order valence-electron chi connectivity index (χ0n) is 18.8. The third-order valence-electron chi connectivity index (χ3n) is 7.10. The zero-order valence-corrected chi connectivity index (χ0v) is 18.8. The summed E-state index contributed by atoms with van der Waals surface area (Å²) in [5, 5.41) is 4.64. The number of furan rings is 1. The van der Waals surface area contributed by atoms with Gasteiger partial charge in [0, 0.05) is 16.3 Å². The predicted octanol–water partition coefficient (Wildman–Crippen LogP) is 6.71. The Kier molecular flexibility index (Phi) is 4.11. The molecule has 0 spiro atoms. The maximum atomic E-state index is 6.42. The lowest BCUT2D eigenvalue weighted by Gasteiger charge is -2.32. The molecule has 32 heavy (non-hydrogen) atoms. The highest BCUT2D eigenvalue weighted by Gasteiger charge is 2.51. The monoisotopic (exact) mass is 420 g/mol. The van der Waals surface area contributed by atoms with Crippen LogP contribution in [0.25, 0.3) is 43.8 Å². The van der Waals surface area contributed by atoms with Crippen molar-refractivity contribution in [3.05, 3.63) is 78.9 Å². The summed E-state index contributed by atoms with van der Waals surface area (Å²) in [6.07, 6.45) is 0. The van der Waals surface area contributed by atoms with Gasteiger partial charge >= 0.3 is 7.12 Å². The van der Waals surface area contributed by atoms with E-state index in [1.807, 2.05) is 0 Å². The molecule has 0 aliphatic carbocycles. The van der Waals surface area contributed by atoms with Crippen LogP contribution in [0.1, 0.15) is 27.7 Å². The van der Waals surface area contributed by atoms with Gasteiger partial charge < -0.3 is 13.7 Å². The maximum Gasteiger partial charge on any atom is 0.494 e. The van der Waals surface area contributed by atoms with Crippen LogP contribution in [0.2, 0.25) is 0 Å². The molecule has 1 aliphatic rings. The largest absolute Gasteiger partial charge is 0.494 e. The summed E-state index contributed by atoms with van der Waals surface area (Å²) in [5.74, 6) is 0. The van der Waals surface area contributed by atoms with Gasteiger partial charge in [0.1, 0.15) is 11.2 Å². The van der Waals surface area contributed by atoms with Crippen molar-refractivity contribution in [1.82, 2.24) is 0 Å². The van der Waals surface area contributed by atoms with E-state index in [1.165, 1.54) is 21.9 Å². The average Bonchev–Trinajstić information content (AvgIpc) is 3.24. The Balaban J connectivity index is 1.59. The zero-order chi connectivity index (χ0) is 22.1. The number of rotatable bonds is 2. The molecular weight excluding hydrogens is 395 g/mol. The lowest BCUT2D eigenvalue weighted by molar-refractivity contribution is 0.00578. The molecule has 0 saturated carbocycles. The first-order valence-corrected chi connectivity index (χ1v) is 11.1. The van der Waals surface area contributed by atoms with Gasteiger partial charge in [-0.3, -0.25) is 0 Å². The lowest BCUT2D eigenvalue weighted by atomic mass is 9.78. The van der Waals surface area contributed by atoms with E-state index in [9.17, 15) is 0 Å². The van der Waals surface area contributed by atoms with Gasteiger partial charge in [-0.05, 0) is 61.6 Å². The molecule has 1 saturated heterocycles. The average molecular weight is 420 g/mol. The van der Waals surface area contributed by atoms with E-state index in [2.05, 4.69) is 107 Å². The molecule has 6 rings (SSSR count). The Morgan fingerprint density at radius 2 is 1.34 bits per heavy atom. The molecule has 1 fully saturated rings. The standard InChI is InChI=1S/C28H25BO3/c1-27(2)28(3,4)32-29(31-27)20-14-15-22-23(17-20)30-24-16-19-12-8-9-13-21(19)25(26(22)24)18-10-6-5-7-11-18/h5-17H,1-4H3. The van der Waals surface area contributed by atoms with Crippen molar-refractivity contribution < 1.29 is 13.7 Å². The number of benzene rings is 4. The Morgan fingerprint density at radius 1 is 0.656 bits per heavy atom. The van der Waals surface area contributed by atoms with Gasteiger partial charge in [0.2, 0.25) is 0 Å². The summed E-state index contributed by atoms with van der Waals surface area (Å²) in [7, 11) is -0.412. The molecule has 0 unspecified atom stereocenters. The number of fused-ring (bicyclic) bond motifs is 4. The minimum absolute atomic E-state index is 0.376. The number of hydrogen-bond acceptors (Lipinski definition) is 3. The molecule has 0 radical (unpaired) electrons. The molecule has 0 bridgehead atoms. The maximum absolute atomic E-state index is 6.42. The van der Waals surface area contributed by atoms with Crippen molar-refractivity contribution in [3.8, 4) is 11.1 Å².